The number of nitriles is 1. The summed E-state index contributed by atoms with van der Waals surface area (Å²) in [7, 11) is 0. The third kappa shape index (κ3) is 4.73. The van der Waals surface area contributed by atoms with Crippen molar-refractivity contribution in [1.82, 2.24) is 5.16 Å². The van der Waals surface area contributed by atoms with Crippen LogP contribution in [0.15, 0.2) is 69.0 Å². The van der Waals surface area contributed by atoms with E-state index in [4.69, 9.17) is 16.1 Å². The molecule has 0 saturated carbocycles. The summed E-state index contributed by atoms with van der Waals surface area (Å²) >= 11 is 7.44. The van der Waals surface area contributed by atoms with Crippen molar-refractivity contribution in [3.8, 4) is 6.07 Å². The molecule has 1 aromatic heterocycles. The van der Waals surface area contributed by atoms with Crippen LogP contribution >= 0.6 is 23.4 Å². The molecule has 2 aromatic carbocycles. The predicted octanol–water partition coefficient (Wildman–Crippen LogP) is 4.60. The van der Waals surface area contributed by atoms with E-state index in [1.807, 2.05) is 42.5 Å². The van der Waals surface area contributed by atoms with Crippen LogP contribution in [0, 0.1) is 24.2 Å². The summed E-state index contributed by atoms with van der Waals surface area (Å²) in [5, 5.41) is 26.6. The number of aliphatic hydroxyl groups excluding tert-OH is 1. The van der Waals surface area contributed by atoms with Gasteiger partial charge in [-0.1, -0.05) is 28.5 Å². The number of aromatic nitrogens is 1. The number of halogens is 1. The van der Waals surface area contributed by atoms with Crippen LogP contribution in [0.5, 0.6) is 0 Å². The molecule has 0 radical (unpaired) electrons. The highest BCUT2D eigenvalue weighted by Gasteiger charge is 2.30. The van der Waals surface area contributed by atoms with E-state index in [2.05, 4.69) is 10.5 Å². The quantitative estimate of drug-likeness (QED) is 0.612. The summed E-state index contributed by atoms with van der Waals surface area (Å²) in [6.45, 7) is 1.61. The van der Waals surface area contributed by atoms with Crippen LogP contribution in [0.1, 0.15) is 17.4 Å². The van der Waals surface area contributed by atoms with Gasteiger partial charge >= 0.3 is 0 Å². The first kappa shape index (κ1) is 20.0. The Kier molecular flexibility index (Phi) is 6.37. The average molecular weight is 414 g/mol. The normalized spacial score (nSPS) is 12.8. The molecule has 0 spiro atoms. The summed E-state index contributed by atoms with van der Waals surface area (Å²) in [6, 6.07) is 16.5. The number of aryl methyl sites for hydroxylation is 1. The van der Waals surface area contributed by atoms with Gasteiger partial charge in [0.25, 0.3) is 0 Å². The molecule has 3 rings (SSSR count). The zero-order valence-corrected chi connectivity index (χ0v) is 16.4. The number of nitrogens with one attached hydrogen (secondary N) is 1. The Balaban J connectivity index is 1.65. The van der Waals surface area contributed by atoms with E-state index in [-0.39, 0.29) is 0 Å². The van der Waals surface area contributed by atoms with Gasteiger partial charge in [-0.25, -0.2) is 0 Å². The number of nitrogens with zero attached hydrogens (tertiary/aromatic N) is 2. The maximum Gasteiger partial charge on any atom is 0.244 e. The van der Waals surface area contributed by atoms with Gasteiger partial charge in [0, 0.05) is 26.1 Å². The molecule has 2 unspecified atom stereocenters. The number of amides is 1. The Morgan fingerprint density at radius 3 is 2.36 bits per heavy atom. The zero-order chi connectivity index (χ0) is 20.1. The fourth-order valence-electron chi connectivity index (χ4n) is 2.51. The first-order valence-corrected chi connectivity index (χ1v) is 9.50. The van der Waals surface area contributed by atoms with Gasteiger partial charge in [0.05, 0.1) is 12.3 Å². The van der Waals surface area contributed by atoms with Crippen LogP contribution in [0.2, 0.25) is 5.02 Å². The highest BCUT2D eigenvalue weighted by molar-refractivity contribution is 7.99. The van der Waals surface area contributed by atoms with Crippen molar-refractivity contribution >= 4 is 35.0 Å². The number of carbonyl (C=O) groups is 1. The second-order valence-electron chi connectivity index (χ2n) is 5.96. The van der Waals surface area contributed by atoms with E-state index in [0.29, 0.717) is 22.0 Å². The van der Waals surface area contributed by atoms with Crippen molar-refractivity contribution in [1.29, 1.82) is 5.26 Å². The van der Waals surface area contributed by atoms with Crippen LogP contribution in [0.3, 0.4) is 0 Å². The zero-order valence-electron chi connectivity index (χ0n) is 14.8. The first-order valence-electron chi connectivity index (χ1n) is 8.31. The van der Waals surface area contributed by atoms with Crippen molar-refractivity contribution in [2.24, 2.45) is 5.92 Å². The van der Waals surface area contributed by atoms with Gasteiger partial charge in [0.1, 0.15) is 11.9 Å². The topological polar surface area (TPSA) is 99.2 Å². The van der Waals surface area contributed by atoms with Crippen molar-refractivity contribution in [3.05, 3.63) is 71.1 Å². The number of benzene rings is 2. The summed E-state index contributed by atoms with van der Waals surface area (Å²) in [5.74, 6) is -1.53. The maximum absolute atomic E-state index is 12.4. The standard InChI is InChI=1S/C20H16ClN3O3S/c1-12-18(11-23-27-12)19(25)17(10-22)20(26)24-14-4-8-16(9-5-14)28-15-6-2-13(21)3-7-15/h2-9,11,17,19,25H,1H3,(H,24,26). The summed E-state index contributed by atoms with van der Waals surface area (Å²) in [5.41, 5.74) is 0.844. The van der Waals surface area contributed by atoms with Gasteiger partial charge < -0.3 is 14.9 Å². The maximum atomic E-state index is 12.4. The molecular formula is C20H16ClN3O3S. The Morgan fingerprint density at radius 2 is 1.82 bits per heavy atom. The number of anilines is 1. The number of hydrogen-bond acceptors (Lipinski definition) is 6. The van der Waals surface area contributed by atoms with Crippen LogP contribution in [-0.4, -0.2) is 16.2 Å². The molecule has 142 valence electrons. The molecule has 0 aliphatic carbocycles. The molecule has 6 nitrogen and oxygen atoms in total. The lowest BCUT2D eigenvalue weighted by atomic mass is 9.97. The molecule has 2 atom stereocenters. The van der Waals surface area contributed by atoms with Gasteiger partial charge in [0.2, 0.25) is 5.91 Å². The van der Waals surface area contributed by atoms with Crippen LogP contribution in [0.25, 0.3) is 0 Å². The largest absolute Gasteiger partial charge is 0.386 e. The number of rotatable bonds is 6. The van der Waals surface area contributed by atoms with Gasteiger partial charge in [-0.05, 0) is 55.5 Å². The van der Waals surface area contributed by atoms with Gasteiger partial charge in [-0.3, -0.25) is 4.79 Å². The van der Waals surface area contributed by atoms with Crippen molar-refractivity contribution in [3.63, 3.8) is 0 Å². The molecular weight excluding hydrogens is 398 g/mol. The molecule has 1 heterocycles. The number of carbonyl (C=O) groups excluding carboxylic acids is 1. The first-order chi connectivity index (χ1) is 13.5. The van der Waals surface area contributed by atoms with Gasteiger partial charge in [-0.2, -0.15) is 5.26 Å². The van der Waals surface area contributed by atoms with E-state index >= 15 is 0 Å². The Bertz CT molecular complexity index is 997. The third-order valence-corrected chi connectivity index (χ3v) is 5.28. The van der Waals surface area contributed by atoms with Crippen molar-refractivity contribution in [2.45, 2.75) is 22.8 Å². The number of hydrogen-bond donors (Lipinski definition) is 2. The second-order valence-corrected chi connectivity index (χ2v) is 7.54. The summed E-state index contributed by atoms with van der Waals surface area (Å²) < 4.78 is 4.89. The molecule has 0 aliphatic heterocycles. The van der Waals surface area contributed by atoms with Crippen LogP contribution in [-0.2, 0) is 4.79 Å². The lowest BCUT2D eigenvalue weighted by Gasteiger charge is -2.15. The fraction of sp³-hybridized carbons (Fsp3) is 0.150. The molecule has 0 saturated heterocycles. The molecule has 0 aliphatic rings. The lowest BCUT2D eigenvalue weighted by molar-refractivity contribution is -0.121. The molecule has 8 heteroatoms. The highest BCUT2D eigenvalue weighted by atomic mass is 35.5. The van der Waals surface area contributed by atoms with E-state index in [0.717, 1.165) is 9.79 Å². The Hall–Kier alpha value is -2.79. The average Bonchev–Trinajstić information content (AvgIpc) is 3.11. The summed E-state index contributed by atoms with van der Waals surface area (Å²) in [6.07, 6.45) is -0.0172. The van der Waals surface area contributed by atoms with Crippen molar-refractivity contribution < 1.29 is 14.4 Å². The molecule has 28 heavy (non-hydrogen) atoms. The smallest absolute Gasteiger partial charge is 0.244 e. The molecule has 0 fully saturated rings. The molecule has 2 N–H and O–H groups in total. The van der Waals surface area contributed by atoms with Crippen LogP contribution < -0.4 is 5.32 Å². The monoisotopic (exact) mass is 413 g/mol. The predicted molar refractivity (Wildman–Crippen MR) is 106 cm³/mol. The Labute approximate surface area is 171 Å². The molecule has 0 bridgehead atoms. The van der Waals surface area contributed by atoms with Crippen molar-refractivity contribution in [2.75, 3.05) is 5.32 Å². The van der Waals surface area contributed by atoms with E-state index in [1.54, 1.807) is 30.8 Å². The van der Waals surface area contributed by atoms with Crippen LogP contribution in [0.4, 0.5) is 5.69 Å². The Morgan fingerprint density at radius 1 is 1.21 bits per heavy atom. The SMILES string of the molecule is Cc1oncc1C(O)C(C#N)C(=O)Nc1ccc(Sc2ccc(Cl)cc2)cc1. The van der Waals surface area contributed by atoms with E-state index in [9.17, 15) is 15.2 Å². The fourth-order valence-corrected chi connectivity index (χ4v) is 3.45. The minimum absolute atomic E-state index is 0.316. The van der Waals surface area contributed by atoms with Gasteiger partial charge in [-0.15, -0.1) is 0 Å². The lowest BCUT2D eigenvalue weighted by Crippen LogP contribution is -2.27. The molecule has 3 aromatic rings. The van der Waals surface area contributed by atoms with E-state index in [1.165, 1.54) is 6.20 Å². The second kappa shape index (κ2) is 8.93. The van der Waals surface area contributed by atoms with E-state index < -0.39 is 17.9 Å². The minimum atomic E-state index is -1.32. The van der Waals surface area contributed by atoms with Gasteiger partial charge in [0.15, 0.2) is 5.92 Å². The molecule has 1 amide bonds. The minimum Gasteiger partial charge on any atom is -0.386 e. The third-order valence-electron chi connectivity index (χ3n) is 4.02. The summed E-state index contributed by atoms with van der Waals surface area (Å²) in [4.78, 5) is 14.5. The highest BCUT2D eigenvalue weighted by Crippen LogP contribution is 2.30. The number of aliphatic hydroxyl groups is 1.